The highest BCUT2D eigenvalue weighted by molar-refractivity contribution is 7.26. The van der Waals surface area contributed by atoms with Crippen LogP contribution in [-0.2, 0) is 0 Å². The first-order chi connectivity index (χ1) is 28.3. The highest BCUT2D eigenvalue weighted by Gasteiger charge is 2.24. The van der Waals surface area contributed by atoms with Gasteiger partial charge in [0.25, 0.3) is 0 Å². The van der Waals surface area contributed by atoms with Gasteiger partial charge in [0.1, 0.15) is 11.2 Å². The van der Waals surface area contributed by atoms with Gasteiger partial charge in [0.2, 0.25) is 0 Å². The summed E-state index contributed by atoms with van der Waals surface area (Å²) in [7, 11) is 0. The summed E-state index contributed by atoms with van der Waals surface area (Å²) in [6, 6.07) is 63.7. The summed E-state index contributed by atoms with van der Waals surface area (Å²) in [6.07, 6.45) is 0. The second-order valence-corrected chi connectivity index (χ2v) is 15.4. The van der Waals surface area contributed by atoms with E-state index in [0.717, 1.165) is 60.9 Å². The second kappa shape index (κ2) is 12.6. The number of rotatable bonds is 5. The lowest BCUT2D eigenvalue weighted by Crippen LogP contribution is -2.00. The Labute approximate surface area is 330 Å². The number of hydrogen-bond donors (Lipinski definition) is 0. The van der Waals surface area contributed by atoms with Gasteiger partial charge in [-0.1, -0.05) is 146 Å². The highest BCUT2D eigenvalue weighted by Crippen LogP contribution is 2.46. The summed E-state index contributed by atoms with van der Waals surface area (Å²) < 4.78 is 11.9. The summed E-state index contributed by atoms with van der Waals surface area (Å²) in [4.78, 5) is 15.4. The first-order valence-electron chi connectivity index (χ1n) is 19.0. The summed E-state index contributed by atoms with van der Waals surface area (Å²) >= 11 is 1.84. The van der Waals surface area contributed by atoms with Gasteiger partial charge in [-0.05, 0) is 47.5 Å². The van der Waals surface area contributed by atoms with E-state index >= 15 is 0 Å². The van der Waals surface area contributed by atoms with Crippen molar-refractivity contribution in [2.24, 2.45) is 0 Å². The average Bonchev–Trinajstić information content (AvgIpc) is 3.96. The van der Waals surface area contributed by atoms with E-state index in [1.807, 2.05) is 78.1 Å². The van der Waals surface area contributed by atoms with E-state index in [4.69, 9.17) is 19.4 Å². The maximum absolute atomic E-state index is 6.96. The van der Waals surface area contributed by atoms with Gasteiger partial charge in [-0.25, -0.2) is 15.0 Å². The molecule has 0 aliphatic carbocycles. The Kier molecular flexibility index (Phi) is 7.03. The zero-order chi connectivity index (χ0) is 37.5. The SMILES string of the molecule is c1ccc(-c2nc(-c3ccccc3)nc(-c3cccc4oc5cc(-c6cccc7c6sc6ccccc67)cc(-n6c7ccccc7c7ccccc76)c5c34)n2)cc1. The highest BCUT2D eigenvalue weighted by atomic mass is 32.1. The molecule has 5 nitrogen and oxygen atoms in total. The van der Waals surface area contributed by atoms with E-state index in [9.17, 15) is 0 Å². The maximum atomic E-state index is 6.96. The predicted octanol–water partition coefficient (Wildman–Crippen LogP) is 13.9. The van der Waals surface area contributed by atoms with Gasteiger partial charge in [-0.2, -0.15) is 0 Å². The number of para-hydroxylation sites is 2. The summed E-state index contributed by atoms with van der Waals surface area (Å²) in [6.45, 7) is 0. The third kappa shape index (κ3) is 4.98. The lowest BCUT2D eigenvalue weighted by molar-refractivity contribution is 0.669. The van der Waals surface area contributed by atoms with Crippen molar-refractivity contribution in [1.29, 1.82) is 0 Å². The van der Waals surface area contributed by atoms with Gasteiger partial charge in [0, 0.05) is 53.0 Å². The molecule has 0 spiro atoms. The number of thiophene rings is 1. The van der Waals surface area contributed by atoms with Crippen LogP contribution in [0, 0.1) is 0 Å². The lowest BCUT2D eigenvalue weighted by Gasteiger charge is -2.14. The van der Waals surface area contributed by atoms with Crippen LogP contribution in [0.25, 0.3) is 115 Å². The lowest BCUT2D eigenvalue weighted by atomic mass is 9.98. The molecule has 0 bridgehead atoms. The molecular formula is C51H30N4OS. The number of furan rings is 1. The minimum Gasteiger partial charge on any atom is -0.456 e. The van der Waals surface area contributed by atoms with Crippen LogP contribution in [0.2, 0.25) is 0 Å². The Morgan fingerprint density at radius 3 is 1.67 bits per heavy atom. The van der Waals surface area contributed by atoms with Crippen LogP contribution in [0.4, 0.5) is 0 Å². The van der Waals surface area contributed by atoms with Crippen molar-refractivity contribution in [3.8, 4) is 51.0 Å². The van der Waals surface area contributed by atoms with E-state index in [0.29, 0.717) is 17.5 Å². The number of aromatic nitrogens is 4. The van der Waals surface area contributed by atoms with Crippen molar-refractivity contribution >= 4 is 75.3 Å². The smallest absolute Gasteiger partial charge is 0.164 e. The van der Waals surface area contributed by atoms with Gasteiger partial charge in [0.15, 0.2) is 17.5 Å². The predicted molar refractivity (Wildman–Crippen MR) is 236 cm³/mol. The van der Waals surface area contributed by atoms with Gasteiger partial charge < -0.3 is 8.98 Å². The van der Waals surface area contributed by atoms with Gasteiger partial charge >= 0.3 is 0 Å². The Hall–Kier alpha value is -7.41. The molecule has 0 aliphatic heterocycles. The molecule has 0 fully saturated rings. The first kappa shape index (κ1) is 31.9. The molecule has 266 valence electrons. The van der Waals surface area contributed by atoms with Gasteiger partial charge in [0.05, 0.1) is 22.1 Å². The number of benzene rings is 8. The van der Waals surface area contributed by atoms with Crippen LogP contribution in [0.3, 0.4) is 0 Å². The largest absolute Gasteiger partial charge is 0.456 e. The number of nitrogens with zero attached hydrogens (tertiary/aromatic N) is 4. The summed E-state index contributed by atoms with van der Waals surface area (Å²) in [5, 5.41) is 6.89. The van der Waals surface area contributed by atoms with E-state index in [2.05, 4.69) is 120 Å². The molecule has 12 aromatic rings. The number of fused-ring (bicyclic) bond motifs is 9. The minimum absolute atomic E-state index is 0.586. The molecule has 4 heterocycles. The van der Waals surface area contributed by atoms with Crippen LogP contribution >= 0.6 is 11.3 Å². The molecular weight excluding hydrogens is 717 g/mol. The third-order valence-corrected chi connectivity index (χ3v) is 12.3. The quantitative estimate of drug-likeness (QED) is 0.176. The molecule has 0 radical (unpaired) electrons. The Bertz CT molecular complexity index is 3420. The standard InChI is InChI=1S/C51H30N4OS/c1-3-15-31(16-4-1)49-52-50(32-17-5-2-6-18-32)54-51(53-49)39-24-14-27-43-46(39)47-42(55-40-25-10-7-19-35(40)36-20-8-11-26-41(36)55)29-33(30-44(47)56-43)34-22-13-23-38-37-21-9-12-28-45(37)57-48(34)38/h1-30H. The third-order valence-electron chi connectivity index (χ3n) is 11.1. The molecule has 4 aromatic heterocycles. The Morgan fingerprint density at radius 2 is 0.965 bits per heavy atom. The molecule has 0 saturated heterocycles. The normalized spacial score (nSPS) is 11.9. The maximum Gasteiger partial charge on any atom is 0.164 e. The van der Waals surface area contributed by atoms with Crippen molar-refractivity contribution in [3.63, 3.8) is 0 Å². The fourth-order valence-corrected chi connectivity index (χ4v) is 9.77. The molecule has 0 unspecified atom stereocenters. The van der Waals surface area contributed by atoms with Crippen LogP contribution in [0.1, 0.15) is 0 Å². The fourth-order valence-electron chi connectivity index (χ4n) is 8.53. The molecule has 0 N–H and O–H groups in total. The van der Waals surface area contributed by atoms with Gasteiger partial charge in [-0.3, -0.25) is 0 Å². The van der Waals surface area contributed by atoms with Gasteiger partial charge in [-0.15, -0.1) is 11.3 Å². The van der Waals surface area contributed by atoms with E-state index in [1.165, 1.54) is 36.5 Å². The van der Waals surface area contributed by atoms with Crippen LogP contribution in [-0.4, -0.2) is 19.5 Å². The molecule has 8 aromatic carbocycles. The molecule has 6 heteroatoms. The summed E-state index contributed by atoms with van der Waals surface area (Å²) in [5.41, 5.74) is 9.85. The molecule has 12 rings (SSSR count). The van der Waals surface area contributed by atoms with Crippen molar-refractivity contribution in [2.45, 2.75) is 0 Å². The van der Waals surface area contributed by atoms with E-state index in [-0.39, 0.29) is 0 Å². The topological polar surface area (TPSA) is 56.7 Å². The summed E-state index contributed by atoms with van der Waals surface area (Å²) in [5.74, 6) is 1.82. The fraction of sp³-hybridized carbons (Fsp3) is 0. The molecule has 0 amide bonds. The Morgan fingerprint density at radius 1 is 0.404 bits per heavy atom. The van der Waals surface area contributed by atoms with Crippen LogP contribution in [0.5, 0.6) is 0 Å². The molecule has 0 saturated carbocycles. The van der Waals surface area contributed by atoms with Crippen molar-refractivity contribution in [1.82, 2.24) is 19.5 Å². The zero-order valence-corrected chi connectivity index (χ0v) is 31.2. The minimum atomic E-state index is 0.586. The molecule has 0 atom stereocenters. The average molecular weight is 747 g/mol. The molecule has 0 aliphatic rings. The zero-order valence-electron chi connectivity index (χ0n) is 30.4. The second-order valence-electron chi connectivity index (χ2n) is 14.3. The monoisotopic (exact) mass is 746 g/mol. The first-order valence-corrected chi connectivity index (χ1v) is 19.8. The number of hydrogen-bond acceptors (Lipinski definition) is 5. The van der Waals surface area contributed by atoms with Crippen LogP contribution < -0.4 is 0 Å². The van der Waals surface area contributed by atoms with E-state index in [1.54, 1.807) is 0 Å². The van der Waals surface area contributed by atoms with Crippen molar-refractivity contribution in [3.05, 3.63) is 182 Å². The Balaban J connectivity index is 1.20. The van der Waals surface area contributed by atoms with Crippen molar-refractivity contribution in [2.75, 3.05) is 0 Å². The van der Waals surface area contributed by atoms with Crippen molar-refractivity contribution < 1.29 is 4.42 Å². The molecule has 57 heavy (non-hydrogen) atoms. The van der Waals surface area contributed by atoms with E-state index < -0.39 is 0 Å². The van der Waals surface area contributed by atoms with Crippen LogP contribution in [0.15, 0.2) is 186 Å².